The van der Waals surface area contributed by atoms with E-state index in [1.807, 2.05) is 30.3 Å². The first kappa shape index (κ1) is 19.2. The number of carbonyl (C=O) groups excluding carboxylic acids is 1. The lowest BCUT2D eigenvalue weighted by atomic mass is 10.2. The molecule has 0 atom stereocenters. The van der Waals surface area contributed by atoms with Gasteiger partial charge in [-0.05, 0) is 41.5 Å². The topological polar surface area (TPSA) is 85.4 Å². The Morgan fingerprint density at radius 2 is 1.68 bits per heavy atom. The molecule has 0 radical (unpaired) electrons. The van der Waals surface area contributed by atoms with Gasteiger partial charge >= 0.3 is 0 Å². The number of anilines is 1. The molecule has 1 amide bonds. The molecule has 0 spiro atoms. The maximum atomic E-state index is 12.5. The van der Waals surface area contributed by atoms with Crippen LogP contribution in [0.2, 0.25) is 0 Å². The zero-order chi connectivity index (χ0) is 19.8. The monoisotopic (exact) mass is 378 g/mol. The summed E-state index contributed by atoms with van der Waals surface area (Å²) in [4.78, 5) is 20.6. The molecule has 1 aromatic carbocycles. The third-order valence-corrected chi connectivity index (χ3v) is 4.15. The molecule has 0 unspecified atom stereocenters. The highest BCUT2D eigenvalue weighted by Crippen LogP contribution is 2.27. The zero-order valence-electron chi connectivity index (χ0n) is 15.8. The number of methoxy groups -OCH3 is 2. The molecule has 0 saturated carbocycles. The molecule has 0 aliphatic rings. The maximum absolute atomic E-state index is 12.5. The van der Waals surface area contributed by atoms with Crippen molar-refractivity contribution >= 4 is 11.6 Å². The Morgan fingerprint density at radius 1 is 0.893 bits per heavy atom. The van der Waals surface area contributed by atoms with Crippen molar-refractivity contribution in [3.63, 3.8) is 0 Å². The van der Waals surface area contributed by atoms with E-state index in [4.69, 9.17) is 9.47 Å². The van der Waals surface area contributed by atoms with Gasteiger partial charge in [0.1, 0.15) is 0 Å². The number of pyridine rings is 2. The van der Waals surface area contributed by atoms with Crippen LogP contribution >= 0.6 is 0 Å². The van der Waals surface area contributed by atoms with Gasteiger partial charge in [-0.3, -0.25) is 14.8 Å². The molecule has 0 aliphatic carbocycles. The summed E-state index contributed by atoms with van der Waals surface area (Å²) in [5.41, 5.74) is 3.26. The number of ether oxygens (including phenoxy) is 2. The number of nitrogens with zero attached hydrogens (tertiary/aromatic N) is 2. The lowest BCUT2D eigenvalue weighted by Crippen LogP contribution is -2.23. The van der Waals surface area contributed by atoms with E-state index in [9.17, 15) is 4.79 Å². The predicted octanol–water partition coefficient (Wildman–Crippen LogP) is 3.04. The van der Waals surface area contributed by atoms with Gasteiger partial charge in [0, 0.05) is 37.9 Å². The Balaban J connectivity index is 1.60. The second-order valence-corrected chi connectivity index (χ2v) is 6.04. The standard InChI is InChI=1S/C21H22N4O3/c1-27-19-4-3-16(9-20(19)28-2)12-25-21(26)17-10-18(14-23-13-17)24-11-15-5-7-22-8-6-15/h3-10,13-14,24H,11-12H2,1-2H3,(H,25,26). The quantitative estimate of drug-likeness (QED) is 0.627. The molecular formula is C21H22N4O3. The lowest BCUT2D eigenvalue weighted by molar-refractivity contribution is 0.0950. The van der Waals surface area contributed by atoms with Crippen LogP contribution in [0.4, 0.5) is 5.69 Å². The molecule has 0 saturated heterocycles. The summed E-state index contributed by atoms with van der Waals surface area (Å²) < 4.78 is 10.5. The smallest absolute Gasteiger partial charge is 0.253 e. The van der Waals surface area contributed by atoms with Crippen LogP contribution in [0.1, 0.15) is 21.5 Å². The maximum Gasteiger partial charge on any atom is 0.253 e. The van der Waals surface area contributed by atoms with Gasteiger partial charge in [-0.1, -0.05) is 6.07 Å². The van der Waals surface area contributed by atoms with Gasteiger partial charge in [0.25, 0.3) is 5.91 Å². The zero-order valence-corrected chi connectivity index (χ0v) is 15.8. The van der Waals surface area contributed by atoms with Crippen LogP contribution in [0.5, 0.6) is 11.5 Å². The van der Waals surface area contributed by atoms with Gasteiger partial charge in [-0.15, -0.1) is 0 Å². The average Bonchev–Trinajstić information content (AvgIpc) is 2.76. The van der Waals surface area contributed by atoms with Crippen molar-refractivity contribution < 1.29 is 14.3 Å². The van der Waals surface area contributed by atoms with Crippen LogP contribution in [0.25, 0.3) is 0 Å². The highest BCUT2D eigenvalue weighted by atomic mass is 16.5. The van der Waals surface area contributed by atoms with E-state index in [1.54, 1.807) is 45.1 Å². The summed E-state index contributed by atoms with van der Waals surface area (Å²) in [5, 5.41) is 6.15. The second kappa shape index (κ2) is 9.36. The number of hydrogen-bond acceptors (Lipinski definition) is 6. The molecule has 2 aromatic heterocycles. The number of aromatic nitrogens is 2. The minimum atomic E-state index is -0.199. The van der Waals surface area contributed by atoms with Crippen molar-refractivity contribution in [2.75, 3.05) is 19.5 Å². The summed E-state index contributed by atoms with van der Waals surface area (Å²) in [7, 11) is 3.17. The first-order valence-electron chi connectivity index (χ1n) is 8.76. The first-order chi connectivity index (χ1) is 13.7. The van der Waals surface area contributed by atoms with Gasteiger partial charge in [-0.2, -0.15) is 0 Å². The molecule has 2 N–H and O–H groups in total. The van der Waals surface area contributed by atoms with Crippen molar-refractivity contribution in [1.29, 1.82) is 0 Å². The molecule has 7 heteroatoms. The van der Waals surface area contributed by atoms with E-state index >= 15 is 0 Å². The highest BCUT2D eigenvalue weighted by molar-refractivity contribution is 5.94. The molecule has 3 rings (SSSR count). The Labute approximate surface area is 163 Å². The van der Waals surface area contributed by atoms with Gasteiger partial charge in [0.15, 0.2) is 11.5 Å². The number of nitrogens with one attached hydrogen (secondary N) is 2. The minimum absolute atomic E-state index is 0.199. The largest absolute Gasteiger partial charge is 0.493 e. The fraction of sp³-hybridized carbons (Fsp3) is 0.190. The van der Waals surface area contributed by atoms with Gasteiger partial charge in [0.05, 0.1) is 25.5 Å². The number of amides is 1. The molecule has 0 bridgehead atoms. The predicted molar refractivity (Wildman–Crippen MR) is 107 cm³/mol. The minimum Gasteiger partial charge on any atom is -0.493 e. The number of rotatable bonds is 8. The summed E-state index contributed by atoms with van der Waals surface area (Å²) >= 11 is 0. The summed E-state index contributed by atoms with van der Waals surface area (Å²) in [6.45, 7) is 0.995. The van der Waals surface area contributed by atoms with Gasteiger partial charge < -0.3 is 20.1 Å². The molecule has 28 heavy (non-hydrogen) atoms. The van der Waals surface area contributed by atoms with E-state index in [2.05, 4.69) is 20.6 Å². The van der Waals surface area contributed by atoms with Gasteiger partial charge in [-0.25, -0.2) is 0 Å². The number of hydrogen-bond donors (Lipinski definition) is 2. The molecule has 2 heterocycles. The average molecular weight is 378 g/mol. The van der Waals surface area contributed by atoms with Crippen molar-refractivity contribution in [1.82, 2.24) is 15.3 Å². The number of carbonyl (C=O) groups is 1. The van der Waals surface area contributed by atoms with Gasteiger partial charge in [0.2, 0.25) is 0 Å². The van der Waals surface area contributed by atoms with Crippen molar-refractivity contribution in [3.05, 3.63) is 77.9 Å². The fourth-order valence-corrected chi connectivity index (χ4v) is 2.64. The molecule has 0 aliphatic heterocycles. The molecule has 144 valence electrons. The third kappa shape index (κ3) is 4.97. The van der Waals surface area contributed by atoms with E-state index in [0.29, 0.717) is 30.2 Å². The van der Waals surface area contributed by atoms with Crippen LogP contribution in [-0.2, 0) is 13.1 Å². The molecule has 3 aromatic rings. The van der Waals surface area contributed by atoms with E-state index < -0.39 is 0 Å². The Hall–Kier alpha value is -3.61. The fourth-order valence-electron chi connectivity index (χ4n) is 2.64. The first-order valence-corrected chi connectivity index (χ1v) is 8.76. The van der Waals surface area contributed by atoms with E-state index in [0.717, 1.165) is 16.8 Å². The lowest BCUT2D eigenvalue weighted by Gasteiger charge is -2.11. The Bertz CT molecular complexity index is 932. The van der Waals surface area contributed by atoms with Crippen LogP contribution in [0.15, 0.2) is 61.2 Å². The molecular weight excluding hydrogens is 356 g/mol. The summed E-state index contributed by atoms with van der Waals surface area (Å²) in [6, 6.07) is 11.2. The molecule has 0 fully saturated rings. The highest BCUT2D eigenvalue weighted by Gasteiger charge is 2.09. The van der Waals surface area contributed by atoms with Crippen LogP contribution < -0.4 is 20.1 Å². The van der Waals surface area contributed by atoms with E-state index in [1.165, 1.54) is 0 Å². The van der Waals surface area contributed by atoms with Crippen molar-refractivity contribution in [3.8, 4) is 11.5 Å². The summed E-state index contributed by atoms with van der Waals surface area (Å²) in [5.74, 6) is 1.07. The second-order valence-electron chi connectivity index (χ2n) is 6.04. The van der Waals surface area contributed by atoms with Crippen LogP contribution in [-0.4, -0.2) is 30.1 Å². The number of benzene rings is 1. The summed E-state index contributed by atoms with van der Waals surface area (Å²) in [6.07, 6.45) is 6.72. The van der Waals surface area contributed by atoms with Crippen molar-refractivity contribution in [2.24, 2.45) is 0 Å². The van der Waals surface area contributed by atoms with Crippen LogP contribution in [0, 0.1) is 0 Å². The Kier molecular flexibility index (Phi) is 6.41. The van der Waals surface area contributed by atoms with Crippen LogP contribution in [0.3, 0.4) is 0 Å². The normalized spacial score (nSPS) is 10.2. The molecule has 7 nitrogen and oxygen atoms in total. The third-order valence-electron chi connectivity index (χ3n) is 4.15. The Morgan fingerprint density at radius 3 is 2.43 bits per heavy atom. The van der Waals surface area contributed by atoms with Crippen molar-refractivity contribution in [2.45, 2.75) is 13.1 Å². The van der Waals surface area contributed by atoms with E-state index in [-0.39, 0.29) is 5.91 Å². The SMILES string of the molecule is COc1ccc(CNC(=O)c2cncc(NCc3ccncc3)c2)cc1OC.